The summed E-state index contributed by atoms with van der Waals surface area (Å²) in [5.74, 6) is 0.783. The molecule has 2 aliphatic carbocycles. The molecule has 4 aromatic rings. The molecule has 0 fully saturated rings. The summed E-state index contributed by atoms with van der Waals surface area (Å²) in [4.78, 5) is 0. The third-order valence-electron chi connectivity index (χ3n) is 11.0. The van der Waals surface area contributed by atoms with Gasteiger partial charge in [0.15, 0.2) is 0 Å². The molecular formula is C44H50Si. The van der Waals surface area contributed by atoms with Gasteiger partial charge in [-0.15, -0.1) is 0 Å². The molecule has 1 heteroatoms. The Morgan fingerprint density at radius 3 is 2.18 bits per heavy atom. The fourth-order valence-electron chi connectivity index (χ4n) is 8.83. The number of benzene rings is 4. The Kier molecular flexibility index (Phi) is 7.28. The largest absolute Gasteiger partial charge is 0.114 e. The molecule has 45 heavy (non-hydrogen) atoms. The van der Waals surface area contributed by atoms with Gasteiger partial charge >= 0.3 is 0 Å². The molecular weight excluding hydrogens is 557 g/mol. The van der Waals surface area contributed by atoms with Gasteiger partial charge in [-0.05, 0) is 109 Å². The second-order valence-corrected chi connectivity index (χ2v) is 20.1. The summed E-state index contributed by atoms with van der Waals surface area (Å²) >= 11 is 0. The second kappa shape index (κ2) is 10.8. The van der Waals surface area contributed by atoms with Crippen molar-refractivity contribution in [2.45, 2.75) is 98.6 Å². The molecule has 0 saturated heterocycles. The molecule has 230 valence electrons. The number of rotatable bonds is 7. The predicted molar refractivity (Wildman–Crippen MR) is 199 cm³/mol. The van der Waals surface area contributed by atoms with Crippen LogP contribution in [0.25, 0.3) is 33.5 Å². The van der Waals surface area contributed by atoms with Crippen molar-refractivity contribution < 1.29 is 0 Å². The van der Waals surface area contributed by atoms with E-state index in [0.29, 0.717) is 11.8 Å². The van der Waals surface area contributed by atoms with Gasteiger partial charge < -0.3 is 0 Å². The topological polar surface area (TPSA) is 0 Å². The van der Waals surface area contributed by atoms with E-state index in [1.807, 2.05) is 0 Å². The third kappa shape index (κ3) is 4.76. The van der Waals surface area contributed by atoms with Gasteiger partial charge in [0, 0.05) is 5.92 Å². The van der Waals surface area contributed by atoms with Crippen molar-refractivity contribution in [3.8, 4) is 22.3 Å². The molecule has 3 aliphatic rings. The molecule has 1 aliphatic heterocycles. The van der Waals surface area contributed by atoms with Crippen LogP contribution in [-0.4, -0.2) is 8.07 Å². The lowest BCUT2D eigenvalue weighted by Crippen LogP contribution is -2.42. The molecule has 1 atom stereocenters. The van der Waals surface area contributed by atoms with Crippen molar-refractivity contribution in [3.63, 3.8) is 0 Å². The van der Waals surface area contributed by atoms with Crippen molar-refractivity contribution in [1.29, 1.82) is 0 Å². The lowest BCUT2D eigenvalue weighted by atomic mass is 9.80. The average molecular weight is 607 g/mol. The van der Waals surface area contributed by atoms with Crippen LogP contribution in [0.3, 0.4) is 0 Å². The van der Waals surface area contributed by atoms with Crippen LogP contribution in [0.15, 0.2) is 83.9 Å². The minimum absolute atomic E-state index is 0.152. The monoisotopic (exact) mass is 606 g/mol. The number of fused-ring (bicyclic) bond motifs is 2. The van der Waals surface area contributed by atoms with Gasteiger partial charge in [0.1, 0.15) is 8.07 Å². The fraction of sp³-hybridized carbons (Fsp3) is 0.364. The van der Waals surface area contributed by atoms with E-state index >= 15 is 0 Å². The lowest BCUT2D eigenvalue weighted by Gasteiger charge is -2.30. The van der Waals surface area contributed by atoms with Gasteiger partial charge in [0.2, 0.25) is 0 Å². The average Bonchev–Trinajstić information content (AvgIpc) is 3.62. The molecule has 7 rings (SSSR count). The van der Waals surface area contributed by atoms with Crippen LogP contribution in [0.5, 0.6) is 0 Å². The molecule has 0 radical (unpaired) electrons. The number of allylic oxidation sites excluding steroid dienone is 2. The molecule has 0 aromatic heterocycles. The maximum absolute atomic E-state index is 2.65. The number of hydrogen-bond acceptors (Lipinski definition) is 0. The maximum atomic E-state index is 2.65. The van der Waals surface area contributed by atoms with Crippen LogP contribution in [0.4, 0.5) is 0 Å². The smallest absolute Gasteiger partial charge is 0.0686 e. The first-order valence-corrected chi connectivity index (χ1v) is 20.4. The zero-order valence-electron chi connectivity index (χ0n) is 29.0. The van der Waals surface area contributed by atoms with Crippen LogP contribution in [0.1, 0.15) is 106 Å². The fourth-order valence-corrected chi connectivity index (χ4v) is 13.0. The Morgan fingerprint density at radius 1 is 0.844 bits per heavy atom. The Morgan fingerprint density at radius 2 is 1.53 bits per heavy atom. The van der Waals surface area contributed by atoms with Gasteiger partial charge in [-0.25, -0.2) is 0 Å². The van der Waals surface area contributed by atoms with Crippen LogP contribution in [-0.2, 0) is 18.3 Å². The minimum Gasteiger partial charge on any atom is -0.0686 e. The summed E-state index contributed by atoms with van der Waals surface area (Å²) in [6.45, 7) is 21.7. The highest BCUT2D eigenvalue weighted by atomic mass is 28.3. The zero-order valence-corrected chi connectivity index (χ0v) is 30.0. The molecule has 0 amide bonds. The van der Waals surface area contributed by atoms with E-state index in [2.05, 4.69) is 140 Å². The minimum atomic E-state index is -1.92. The van der Waals surface area contributed by atoms with Crippen molar-refractivity contribution >= 4 is 24.5 Å². The standard InChI is InChI=1S/C44H50Si/c1-10-11-13-29-16-18-30(19-17-29)34-14-12-15-35-37(34)26-36(27(2)3)41(35)38-25-32-24-28(4)42-40(32)39(43(38)45(42,8)9)31-20-22-33(23-21-31)44(5,6)7/h12,14-23,25-27,41H,10-11,13,24H2,1-9H3. The van der Waals surface area contributed by atoms with Gasteiger partial charge in [-0.1, -0.05) is 151 Å². The van der Waals surface area contributed by atoms with Crippen LogP contribution in [0, 0.1) is 5.92 Å². The second-order valence-electron chi connectivity index (χ2n) is 15.9. The molecule has 0 nitrogen and oxygen atoms in total. The summed E-state index contributed by atoms with van der Waals surface area (Å²) in [6, 6.07) is 28.8. The SMILES string of the molecule is CCCCc1ccc(-c2cccc3c2C=C(C(C)C)C3c2cc3c4c(-c5ccc(C(C)(C)C)cc5)c2[Si](C)(C)C4=C(C)C3)cc1. The third-order valence-corrected chi connectivity index (χ3v) is 14.7. The van der Waals surface area contributed by atoms with Crippen molar-refractivity contribution in [2.75, 3.05) is 0 Å². The van der Waals surface area contributed by atoms with Crippen molar-refractivity contribution in [3.05, 3.63) is 123 Å². The summed E-state index contributed by atoms with van der Waals surface area (Å²) in [7, 11) is -1.92. The predicted octanol–water partition coefficient (Wildman–Crippen LogP) is 11.6. The zero-order chi connectivity index (χ0) is 31.8. The van der Waals surface area contributed by atoms with E-state index < -0.39 is 8.07 Å². The van der Waals surface area contributed by atoms with E-state index in [9.17, 15) is 0 Å². The summed E-state index contributed by atoms with van der Waals surface area (Å²) in [5, 5.41) is 3.41. The van der Waals surface area contributed by atoms with Gasteiger partial charge in [-0.2, -0.15) is 0 Å². The highest BCUT2D eigenvalue weighted by Gasteiger charge is 2.48. The first-order valence-electron chi connectivity index (χ1n) is 17.4. The van der Waals surface area contributed by atoms with E-state index in [4.69, 9.17) is 0 Å². The van der Waals surface area contributed by atoms with Gasteiger partial charge in [0.05, 0.1) is 0 Å². The molecule has 1 unspecified atom stereocenters. The summed E-state index contributed by atoms with van der Waals surface area (Å²) < 4.78 is 0. The highest BCUT2D eigenvalue weighted by molar-refractivity contribution is 7.07. The summed E-state index contributed by atoms with van der Waals surface area (Å²) in [5.41, 5.74) is 19.5. The van der Waals surface area contributed by atoms with Crippen LogP contribution < -0.4 is 5.19 Å². The lowest BCUT2D eigenvalue weighted by molar-refractivity contribution is 0.590. The Bertz CT molecular complexity index is 1870. The molecule has 0 N–H and O–H groups in total. The van der Waals surface area contributed by atoms with E-state index in [0.717, 1.165) is 6.42 Å². The van der Waals surface area contributed by atoms with E-state index in [1.165, 1.54) is 58.2 Å². The number of unbranched alkanes of at least 4 members (excludes halogenated alkanes) is 1. The van der Waals surface area contributed by atoms with E-state index in [1.54, 1.807) is 43.8 Å². The maximum Gasteiger partial charge on any atom is 0.114 e. The highest BCUT2D eigenvalue weighted by Crippen LogP contribution is 2.54. The molecule has 0 spiro atoms. The molecule has 0 saturated carbocycles. The number of aryl methyl sites for hydroxylation is 1. The first-order chi connectivity index (χ1) is 21.4. The quantitative estimate of drug-likeness (QED) is 0.184. The van der Waals surface area contributed by atoms with Gasteiger partial charge in [0.25, 0.3) is 0 Å². The van der Waals surface area contributed by atoms with Crippen molar-refractivity contribution in [1.82, 2.24) is 0 Å². The molecule has 1 heterocycles. The van der Waals surface area contributed by atoms with Crippen LogP contribution >= 0.6 is 0 Å². The van der Waals surface area contributed by atoms with Gasteiger partial charge in [-0.3, -0.25) is 0 Å². The Hall–Kier alpha value is -3.42. The molecule has 4 aromatic carbocycles. The number of hydrogen-bond donors (Lipinski definition) is 0. The molecule has 2 bridgehead atoms. The van der Waals surface area contributed by atoms with Crippen molar-refractivity contribution in [2.24, 2.45) is 5.92 Å². The Labute approximate surface area is 273 Å². The Balaban J connectivity index is 1.42. The van der Waals surface area contributed by atoms with E-state index in [-0.39, 0.29) is 5.41 Å². The first kappa shape index (κ1) is 30.2. The van der Waals surface area contributed by atoms with Crippen LogP contribution in [0.2, 0.25) is 13.1 Å². The normalized spacial score (nSPS) is 17.8. The summed E-state index contributed by atoms with van der Waals surface area (Å²) in [6.07, 6.45) is 7.33.